The van der Waals surface area contributed by atoms with Crippen LogP contribution in [0.4, 0.5) is 0 Å². The van der Waals surface area contributed by atoms with E-state index in [-0.39, 0.29) is 12.1 Å². The molecule has 2 N–H and O–H groups in total. The molecule has 1 unspecified atom stereocenters. The minimum Gasteiger partial charge on any atom is -0.394 e. The van der Waals surface area contributed by atoms with Crippen LogP contribution in [0.1, 0.15) is 24.8 Å². The number of nitrogens with zero attached hydrogens (tertiary/aromatic N) is 2. The summed E-state index contributed by atoms with van der Waals surface area (Å²) in [6.45, 7) is 0.115. The van der Waals surface area contributed by atoms with Crippen molar-refractivity contribution in [3.8, 4) is 0 Å². The molecular weight excluding hydrogens is 302 g/mol. The van der Waals surface area contributed by atoms with E-state index in [0.717, 1.165) is 22.1 Å². The van der Waals surface area contributed by atoms with E-state index in [1.54, 1.807) is 28.6 Å². The quantitative estimate of drug-likeness (QED) is 0.732. The van der Waals surface area contributed by atoms with Gasteiger partial charge in [0.1, 0.15) is 5.51 Å². The standard InChI is InChI=1S/C15H19N3OS2/c19-10-15(17-13-6-7-13,12-4-2-1-3-5-12)8-9-20-14-18-16-11-21-14/h1-5,11,13,17,19H,6-10H2. The van der Waals surface area contributed by atoms with Crippen LogP contribution in [0.2, 0.25) is 0 Å². The van der Waals surface area contributed by atoms with E-state index in [4.69, 9.17) is 0 Å². The van der Waals surface area contributed by atoms with Crippen molar-refractivity contribution in [3.05, 3.63) is 41.4 Å². The number of aromatic nitrogens is 2. The zero-order valence-corrected chi connectivity index (χ0v) is 13.4. The minimum absolute atomic E-state index is 0.115. The van der Waals surface area contributed by atoms with Crippen molar-refractivity contribution in [3.63, 3.8) is 0 Å². The van der Waals surface area contributed by atoms with E-state index in [2.05, 4.69) is 27.6 Å². The topological polar surface area (TPSA) is 58.0 Å². The lowest BCUT2D eigenvalue weighted by Gasteiger charge is -2.34. The molecule has 0 bridgehead atoms. The number of benzene rings is 1. The minimum atomic E-state index is -0.347. The molecule has 1 aliphatic carbocycles. The van der Waals surface area contributed by atoms with Gasteiger partial charge in [0, 0.05) is 11.8 Å². The van der Waals surface area contributed by atoms with Gasteiger partial charge in [-0.25, -0.2) is 0 Å². The molecule has 1 saturated carbocycles. The smallest absolute Gasteiger partial charge is 0.174 e. The van der Waals surface area contributed by atoms with Crippen LogP contribution in [0, 0.1) is 0 Å². The highest BCUT2D eigenvalue weighted by Gasteiger charge is 2.36. The van der Waals surface area contributed by atoms with E-state index >= 15 is 0 Å². The van der Waals surface area contributed by atoms with Gasteiger partial charge in [-0.2, -0.15) is 0 Å². The molecule has 1 aliphatic rings. The molecule has 3 rings (SSSR count). The Morgan fingerprint density at radius 1 is 1.33 bits per heavy atom. The van der Waals surface area contributed by atoms with Gasteiger partial charge in [0.05, 0.1) is 12.1 Å². The summed E-state index contributed by atoms with van der Waals surface area (Å²) < 4.78 is 0.987. The van der Waals surface area contributed by atoms with E-state index in [9.17, 15) is 5.11 Å². The molecule has 2 aromatic rings. The summed E-state index contributed by atoms with van der Waals surface area (Å²) in [5.74, 6) is 0.907. The van der Waals surface area contributed by atoms with Gasteiger partial charge in [-0.15, -0.1) is 10.2 Å². The van der Waals surface area contributed by atoms with Crippen LogP contribution < -0.4 is 5.32 Å². The van der Waals surface area contributed by atoms with Crippen molar-refractivity contribution >= 4 is 23.1 Å². The molecule has 1 aromatic heterocycles. The molecule has 0 saturated heterocycles. The van der Waals surface area contributed by atoms with E-state index < -0.39 is 0 Å². The van der Waals surface area contributed by atoms with Gasteiger partial charge in [0.2, 0.25) is 0 Å². The first-order valence-electron chi connectivity index (χ1n) is 7.15. The van der Waals surface area contributed by atoms with Gasteiger partial charge in [-0.3, -0.25) is 0 Å². The van der Waals surface area contributed by atoms with Crippen LogP contribution in [0.5, 0.6) is 0 Å². The van der Waals surface area contributed by atoms with Gasteiger partial charge in [0.15, 0.2) is 4.34 Å². The SMILES string of the molecule is OCC(CCSc1nncs1)(NC1CC1)c1ccccc1. The highest BCUT2D eigenvalue weighted by Crippen LogP contribution is 2.33. The summed E-state index contributed by atoms with van der Waals surface area (Å²) in [6, 6.07) is 10.8. The lowest BCUT2D eigenvalue weighted by Crippen LogP contribution is -2.47. The highest BCUT2D eigenvalue weighted by atomic mass is 32.2. The maximum Gasteiger partial charge on any atom is 0.174 e. The molecule has 112 valence electrons. The number of aliphatic hydroxyl groups is 1. The highest BCUT2D eigenvalue weighted by molar-refractivity contribution is 8.00. The Bertz CT molecular complexity index is 545. The maximum atomic E-state index is 10.1. The Morgan fingerprint density at radius 3 is 2.76 bits per heavy atom. The molecule has 0 aliphatic heterocycles. The second-order valence-electron chi connectivity index (χ2n) is 5.33. The van der Waals surface area contributed by atoms with Crippen LogP contribution in [0.15, 0.2) is 40.2 Å². The fourth-order valence-corrected chi connectivity index (χ4v) is 4.09. The summed E-state index contributed by atoms with van der Waals surface area (Å²) in [6.07, 6.45) is 3.28. The fraction of sp³-hybridized carbons (Fsp3) is 0.467. The van der Waals surface area contributed by atoms with Crippen LogP contribution in [0.3, 0.4) is 0 Å². The van der Waals surface area contributed by atoms with Crippen molar-refractivity contribution in [2.45, 2.75) is 35.2 Å². The Kier molecular flexibility index (Phi) is 4.90. The zero-order valence-electron chi connectivity index (χ0n) is 11.7. The van der Waals surface area contributed by atoms with E-state index in [1.807, 2.05) is 18.2 Å². The Balaban J connectivity index is 1.71. The molecule has 1 atom stereocenters. The molecule has 1 fully saturated rings. The number of aliphatic hydroxyl groups excluding tert-OH is 1. The second kappa shape index (κ2) is 6.87. The summed E-state index contributed by atoms with van der Waals surface area (Å²) in [5, 5.41) is 21.6. The third-order valence-electron chi connectivity index (χ3n) is 3.75. The van der Waals surface area contributed by atoms with Crippen molar-refractivity contribution in [2.75, 3.05) is 12.4 Å². The predicted octanol–water partition coefficient (Wildman–Crippen LogP) is 2.66. The third-order valence-corrected chi connectivity index (χ3v) is 5.61. The van der Waals surface area contributed by atoms with Crippen molar-refractivity contribution in [1.29, 1.82) is 0 Å². The average Bonchev–Trinajstić information content (AvgIpc) is 3.19. The molecule has 21 heavy (non-hydrogen) atoms. The zero-order chi connectivity index (χ0) is 14.5. The second-order valence-corrected chi connectivity index (χ2v) is 7.50. The first-order valence-corrected chi connectivity index (χ1v) is 9.02. The first kappa shape index (κ1) is 15.0. The average molecular weight is 321 g/mol. The van der Waals surface area contributed by atoms with Crippen LogP contribution in [-0.4, -0.2) is 33.7 Å². The lowest BCUT2D eigenvalue weighted by molar-refractivity contribution is 0.154. The lowest BCUT2D eigenvalue weighted by atomic mass is 9.87. The number of rotatable bonds is 8. The molecule has 0 amide bonds. The fourth-order valence-electron chi connectivity index (χ4n) is 2.43. The molecule has 0 radical (unpaired) electrons. The van der Waals surface area contributed by atoms with E-state index in [0.29, 0.717) is 6.04 Å². The van der Waals surface area contributed by atoms with Gasteiger partial charge in [-0.05, 0) is 24.8 Å². The number of thioether (sulfide) groups is 1. The largest absolute Gasteiger partial charge is 0.394 e. The molecular formula is C15H19N3OS2. The summed E-state index contributed by atoms with van der Waals surface area (Å²) in [4.78, 5) is 0. The molecule has 1 heterocycles. The molecule has 1 aromatic carbocycles. The van der Waals surface area contributed by atoms with Crippen LogP contribution in [0.25, 0.3) is 0 Å². The van der Waals surface area contributed by atoms with Crippen molar-refractivity contribution < 1.29 is 5.11 Å². The van der Waals surface area contributed by atoms with Crippen molar-refractivity contribution in [1.82, 2.24) is 15.5 Å². The predicted molar refractivity (Wildman–Crippen MR) is 86.6 cm³/mol. The van der Waals surface area contributed by atoms with Crippen molar-refractivity contribution in [2.24, 2.45) is 0 Å². The van der Waals surface area contributed by atoms with Gasteiger partial charge in [-0.1, -0.05) is 53.4 Å². The van der Waals surface area contributed by atoms with Gasteiger partial charge in [0.25, 0.3) is 0 Å². The first-order chi connectivity index (χ1) is 10.3. The Hall–Kier alpha value is -0.950. The monoisotopic (exact) mass is 321 g/mol. The molecule has 6 heteroatoms. The molecule has 4 nitrogen and oxygen atoms in total. The Morgan fingerprint density at radius 2 is 2.14 bits per heavy atom. The number of nitrogens with one attached hydrogen (secondary N) is 1. The number of hydrogen-bond donors (Lipinski definition) is 2. The van der Waals surface area contributed by atoms with E-state index in [1.165, 1.54) is 12.8 Å². The normalized spacial score (nSPS) is 17.6. The molecule has 0 spiro atoms. The van der Waals surface area contributed by atoms with Crippen LogP contribution in [-0.2, 0) is 5.54 Å². The maximum absolute atomic E-state index is 10.1. The number of hydrogen-bond acceptors (Lipinski definition) is 6. The van der Waals surface area contributed by atoms with Crippen LogP contribution >= 0.6 is 23.1 Å². The third kappa shape index (κ3) is 3.83. The van der Waals surface area contributed by atoms with Gasteiger partial charge >= 0.3 is 0 Å². The summed E-state index contributed by atoms with van der Waals surface area (Å²) in [5.41, 5.74) is 2.57. The van der Waals surface area contributed by atoms with Gasteiger partial charge < -0.3 is 10.4 Å². The summed E-state index contributed by atoms with van der Waals surface area (Å²) in [7, 11) is 0. The summed E-state index contributed by atoms with van der Waals surface area (Å²) >= 11 is 3.27. The Labute approximate surface area is 133 Å².